The highest BCUT2D eigenvalue weighted by atomic mass is 32.2. The minimum Gasteiger partial charge on any atom is -0.488 e. The lowest BCUT2D eigenvalue weighted by molar-refractivity contribution is 0.0808. The molecule has 0 aliphatic carbocycles. The quantitative estimate of drug-likeness (QED) is 0.714. The fourth-order valence-corrected chi connectivity index (χ4v) is 3.58. The van der Waals surface area contributed by atoms with Crippen LogP contribution in [0.15, 0.2) is 29.2 Å². The van der Waals surface area contributed by atoms with Gasteiger partial charge in [-0.15, -0.1) is 0 Å². The molecule has 1 unspecified atom stereocenters. The fraction of sp³-hybridized carbons (Fsp3) is 0.667. The molecule has 1 aliphatic heterocycles. The SMILES string of the molecule is CCCNS(=O)c1ccc(OC(C)(C)CCN2CCNCC2)cc1. The zero-order valence-corrected chi connectivity index (χ0v) is 16.0. The molecule has 0 radical (unpaired) electrons. The second-order valence-corrected chi connectivity index (χ2v) is 8.14. The topological polar surface area (TPSA) is 53.6 Å². The molecule has 1 heterocycles. The Morgan fingerprint density at radius 2 is 1.92 bits per heavy atom. The molecular formula is C18H31N3O2S. The second kappa shape index (κ2) is 9.51. The Morgan fingerprint density at radius 3 is 2.54 bits per heavy atom. The van der Waals surface area contributed by atoms with E-state index in [1.807, 2.05) is 24.3 Å². The van der Waals surface area contributed by atoms with Crippen molar-refractivity contribution in [2.24, 2.45) is 0 Å². The minimum atomic E-state index is -1.14. The van der Waals surface area contributed by atoms with Gasteiger partial charge in [0.2, 0.25) is 0 Å². The summed E-state index contributed by atoms with van der Waals surface area (Å²) in [5.41, 5.74) is -0.216. The highest BCUT2D eigenvalue weighted by Gasteiger charge is 2.22. The van der Waals surface area contributed by atoms with E-state index in [2.05, 4.69) is 35.7 Å². The summed E-state index contributed by atoms with van der Waals surface area (Å²) in [4.78, 5) is 3.27. The van der Waals surface area contributed by atoms with Crippen molar-refractivity contribution in [2.45, 2.75) is 44.1 Å². The van der Waals surface area contributed by atoms with Gasteiger partial charge in [-0.3, -0.25) is 0 Å². The molecule has 1 aromatic rings. The zero-order valence-electron chi connectivity index (χ0n) is 15.1. The van der Waals surface area contributed by atoms with Crippen molar-refractivity contribution in [2.75, 3.05) is 39.3 Å². The molecule has 1 saturated heterocycles. The molecule has 0 aromatic heterocycles. The molecule has 2 N–H and O–H groups in total. The van der Waals surface area contributed by atoms with Crippen molar-refractivity contribution in [1.29, 1.82) is 0 Å². The van der Waals surface area contributed by atoms with E-state index >= 15 is 0 Å². The molecule has 1 aromatic carbocycles. The van der Waals surface area contributed by atoms with E-state index in [0.717, 1.165) is 62.8 Å². The molecular weight excluding hydrogens is 322 g/mol. The van der Waals surface area contributed by atoms with Gasteiger partial charge in [0.15, 0.2) is 0 Å². The van der Waals surface area contributed by atoms with Crippen LogP contribution in [0.5, 0.6) is 5.75 Å². The highest BCUT2D eigenvalue weighted by Crippen LogP contribution is 2.22. The first-order valence-electron chi connectivity index (χ1n) is 8.87. The van der Waals surface area contributed by atoms with Crippen LogP contribution in [-0.4, -0.2) is 54.0 Å². The van der Waals surface area contributed by atoms with Gasteiger partial charge >= 0.3 is 0 Å². The van der Waals surface area contributed by atoms with Crippen LogP contribution >= 0.6 is 0 Å². The molecule has 0 saturated carbocycles. The number of nitrogens with one attached hydrogen (secondary N) is 2. The molecule has 1 aliphatic rings. The van der Waals surface area contributed by atoms with Crippen LogP contribution in [0.1, 0.15) is 33.6 Å². The van der Waals surface area contributed by atoms with E-state index < -0.39 is 11.0 Å². The van der Waals surface area contributed by atoms with E-state index in [1.54, 1.807) is 0 Å². The molecule has 0 amide bonds. The summed E-state index contributed by atoms with van der Waals surface area (Å²) < 4.78 is 21.2. The van der Waals surface area contributed by atoms with E-state index in [4.69, 9.17) is 4.74 Å². The van der Waals surface area contributed by atoms with Gasteiger partial charge in [0.05, 0.1) is 4.90 Å². The number of ether oxygens (including phenoxy) is 1. The maximum Gasteiger partial charge on any atom is 0.124 e. The molecule has 1 fully saturated rings. The van der Waals surface area contributed by atoms with Gasteiger partial charge in [0.1, 0.15) is 22.3 Å². The first-order valence-corrected chi connectivity index (χ1v) is 10.0. The average Bonchev–Trinajstić information content (AvgIpc) is 2.59. The van der Waals surface area contributed by atoms with Crippen LogP contribution in [-0.2, 0) is 11.0 Å². The number of hydrogen-bond donors (Lipinski definition) is 2. The Labute approximate surface area is 148 Å². The van der Waals surface area contributed by atoms with Crippen molar-refractivity contribution >= 4 is 11.0 Å². The maximum atomic E-state index is 12.0. The third kappa shape index (κ3) is 6.51. The lowest BCUT2D eigenvalue weighted by Gasteiger charge is -2.32. The number of rotatable bonds is 9. The van der Waals surface area contributed by atoms with E-state index in [9.17, 15) is 4.21 Å². The Hall–Kier alpha value is -0.950. The molecule has 24 heavy (non-hydrogen) atoms. The van der Waals surface area contributed by atoms with Gasteiger partial charge in [-0.2, -0.15) is 0 Å². The van der Waals surface area contributed by atoms with Crippen molar-refractivity contribution < 1.29 is 8.95 Å². The van der Waals surface area contributed by atoms with E-state index in [0.29, 0.717) is 0 Å². The second-order valence-electron chi connectivity index (χ2n) is 6.84. The summed E-state index contributed by atoms with van der Waals surface area (Å²) in [5, 5.41) is 3.38. The average molecular weight is 354 g/mol. The lowest BCUT2D eigenvalue weighted by atomic mass is 10.0. The van der Waals surface area contributed by atoms with Crippen molar-refractivity contribution in [3.05, 3.63) is 24.3 Å². The molecule has 0 spiro atoms. The summed E-state index contributed by atoms with van der Waals surface area (Å²) >= 11 is 0. The van der Waals surface area contributed by atoms with Crippen LogP contribution in [0, 0.1) is 0 Å². The summed E-state index contributed by atoms with van der Waals surface area (Å²) in [7, 11) is -1.14. The summed E-state index contributed by atoms with van der Waals surface area (Å²) in [6, 6.07) is 7.57. The van der Waals surface area contributed by atoms with Crippen LogP contribution < -0.4 is 14.8 Å². The predicted octanol–water partition coefficient (Wildman–Crippen LogP) is 2.16. The van der Waals surface area contributed by atoms with Crippen LogP contribution in [0.3, 0.4) is 0 Å². The normalized spacial score (nSPS) is 17.6. The zero-order chi connectivity index (χ0) is 17.4. The highest BCUT2D eigenvalue weighted by molar-refractivity contribution is 7.83. The van der Waals surface area contributed by atoms with Crippen molar-refractivity contribution in [3.63, 3.8) is 0 Å². The standard InChI is InChI=1S/C18H31N3O2S/c1-4-10-20-24(22)17-7-5-16(6-8-17)23-18(2,3)9-13-21-14-11-19-12-15-21/h5-8,19-20H,4,9-15H2,1-3H3. The Bertz CT molecular complexity index is 514. The molecule has 6 heteroatoms. The van der Waals surface area contributed by atoms with E-state index in [-0.39, 0.29) is 5.60 Å². The van der Waals surface area contributed by atoms with Gasteiger partial charge in [-0.1, -0.05) is 6.92 Å². The van der Waals surface area contributed by atoms with Gasteiger partial charge in [-0.25, -0.2) is 8.93 Å². The predicted molar refractivity (Wildman–Crippen MR) is 99.8 cm³/mol. The van der Waals surface area contributed by atoms with Crippen molar-refractivity contribution in [3.8, 4) is 5.75 Å². The number of piperazine rings is 1. The summed E-state index contributed by atoms with van der Waals surface area (Å²) in [6.45, 7) is 12.5. The lowest BCUT2D eigenvalue weighted by Crippen LogP contribution is -2.45. The number of benzene rings is 1. The third-order valence-corrected chi connectivity index (χ3v) is 5.32. The molecule has 0 bridgehead atoms. The fourth-order valence-electron chi connectivity index (χ4n) is 2.64. The molecule has 2 rings (SSSR count). The van der Waals surface area contributed by atoms with Crippen molar-refractivity contribution in [1.82, 2.24) is 14.9 Å². The summed E-state index contributed by atoms with van der Waals surface area (Å²) in [6.07, 6.45) is 1.95. The first-order chi connectivity index (χ1) is 11.5. The number of nitrogens with zero attached hydrogens (tertiary/aromatic N) is 1. The first kappa shape index (κ1) is 19.4. The van der Waals surface area contributed by atoms with Gasteiger partial charge < -0.3 is 15.0 Å². The summed E-state index contributed by atoms with van der Waals surface area (Å²) in [5.74, 6) is 0.830. The Balaban J connectivity index is 1.83. The van der Waals surface area contributed by atoms with Gasteiger partial charge in [-0.05, 0) is 51.0 Å². The molecule has 5 nitrogen and oxygen atoms in total. The molecule has 1 atom stereocenters. The van der Waals surface area contributed by atoms with E-state index in [1.165, 1.54) is 0 Å². The van der Waals surface area contributed by atoms with Crippen LogP contribution in [0.2, 0.25) is 0 Å². The molecule has 136 valence electrons. The van der Waals surface area contributed by atoms with Crippen LogP contribution in [0.4, 0.5) is 0 Å². The Kier molecular flexibility index (Phi) is 7.68. The van der Waals surface area contributed by atoms with Gasteiger partial charge in [0.25, 0.3) is 0 Å². The van der Waals surface area contributed by atoms with Crippen LogP contribution in [0.25, 0.3) is 0 Å². The number of hydrogen-bond acceptors (Lipinski definition) is 4. The largest absolute Gasteiger partial charge is 0.488 e. The Morgan fingerprint density at radius 1 is 1.25 bits per heavy atom. The van der Waals surface area contributed by atoms with Gasteiger partial charge in [0, 0.05) is 39.3 Å². The smallest absolute Gasteiger partial charge is 0.124 e. The third-order valence-electron chi connectivity index (χ3n) is 4.15. The minimum absolute atomic E-state index is 0.216. The monoisotopic (exact) mass is 353 g/mol. The maximum absolute atomic E-state index is 12.0.